The number of benzene rings is 2. The summed E-state index contributed by atoms with van der Waals surface area (Å²) in [5.74, 6) is -1.39. The van der Waals surface area contributed by atoms with E-state index in [2.05, 4.69) is 20.7 Å². The van der Waals surface area contributed by atoms with Crippen molar-refractivity contribution in [1.82, 2.24) is 0 Å². The first-order valence-corrected chi connectivity index (χ1v) is 8.66. The molecule has 0 radical (unpaired) electrons. The van der Waals surface area contributed by atoms with Crippen LogP contribution in [-0.2, 0) is 10.0 Å². The van der Waals surface area contributed by atoms with Gasteiger partial charge in [-0.25, -0.2) is 8.42 Å². The minimum atomic E-state index is -3.94. The van der Waals surface area contributed by atoms with E-state index in [1.54, 1.807) is 13.0 Å². The van der Waals surface area contributed by atoms with Gasteiger partial charge in [-0.3, -0.25) is 4.72 Å². The van der Waals surface area contributed by atoms with Crippen molar-refractivity contribution in [3.63, 3.8) is 0 Å². The van der Waals surface area contributed by atoms with E-state index in [1.807, 2.05) is 0 Å². The number of rotatable bonds is 4. The number of aromatic carboxylic acids is 1. The first-order chi connectivity index (χ1) is 10.2. The third-order valence-electron chi connectivity index (χ3n) is 2.90. The Hall–Kier alpha value is -1.57. The first-order valence-electron chi connectivity index (χ1n) is 6.00. The van der Waals surface area contributed by atoms with Gasteiger partial charge in [0.05, 0.1) is 16.7 Å². The lowest BCUT2D eigenvalue weighted by molar-refractivity contribution is -0.255. The maximum atomic E-state index is 12.4. The molecular weight excluding hydrogens is 394 g/mol. The number of halogens is 2. The molecule has 0 bridgehead atoms. The van der Waals surface area contributed by atoms with E-state index >= 15 is 0 Å². The Balaban J connectivity index is 2.45. The van der Waals surface area contributed by atoms with E-state index in [0.29, 0.717) is 10.0 Å². The van der Waals surface area contributed by atoms with Crippen molar-refractivity contribution in [2.24, 2.45) is 0 Å². The Morgan fingerprint density at radius 2 is 1.91 bits per heavy atom. The van der Waals surface area contributed by atoms with Crippen molar-refractivity contribution in [1.29, 1.82) is 0 Å². The number of sulfonamides is 1. The first kappa shape index (κ1) is 16.8. The Morgan fingerprint density at radius 3 is 2.50 bits per heavy atom. The van der Waals surface area contributed by atoms with Crippen molar-refractivity contribution in [2.75, 3.05) is 4.72 Å². The van der Waals surface area contributed by atoms with Crippen molar-refractivity contribution in [3.8, 4) is 0 Å². The van der Waals surface area contributed by atoms with Gasteiger partial charge in [0, 0.05) is 4.47 Å². The molecule has 8 heteroatoms. The van der Waals surface area contributed by atoms with Crippen LogP contribution < -0.4 is 9.83 Å². The largest absolute Gasteiger partial charge is 0.545 e. The van der Waals surface area contributed by atoms with Crippen LogP contribution in [0.15, 0.2) is 45.8 Å². The Labute approximate surface area is 141 Å². The lowest BCUT2D eigenvalue weighted by atomic mass is 10.1. The average molecular weight is 404 g/mol. The van der Waals surface area contributed by atoms with Crippen molar-refractivity contribution in [2.45, 2.75) is 11.8 Å². The van der Waals surface area contributed by atoms with E-state index in [1.165, 1.54) is 30.3 Å². The van der Waals surface area contributed by atoms with E-state index in [4.69, 9.17) is 11.6 Å². The number of anilines is 1. The van der Waals surface area contributed by atoms with Crippen LogP contribution in [-0.4, -0.2) is 14.4 Å². The quantitative estimate of drug-likeness (QED) is 0.850. The maximum Gasteiger partial charge on any atom is 0.263 e. The molecule has 0 amide bonds. The summed E-state index contributed by atoms with van der Waals surface area (Å²) in [4.78, 5) is 10.8. The fraction of sp³-hybridized carbons (Fsp3) is 0.0714. The second-order valence-electron chi connectivity index (χ2n) is 4.50. The SMILES string of the molecule is Cc1ccc(C(=O)[O-])cc1NS(=O)(=O)c1ccc(Br)cc1Cl. The number of carboxylic acids is 1. The minimum Gasteiger partial charge on any atom is -0.545 e. The lowest BCUT2D eigenvalue weighted by Gasteiger charge is -2.13. The standard InChI is InChI=1S/C14H11BrClNO4S/c1-8-2-3-9(14(18)19)6-12(8)17-22(20,21)13-5-4-10(15)7-11(13)16/h2-7,17H,1H3,(H,18,19)/p-1. The Morgan fingerprint density at radius 1 is 1.23 bits per heavy atom. The second kappa shape index (κ2) is 6.28. The highest BCUT2D eigenvalue weighted by atomic mass is 79.9. The molecule has 0 aliphatic heterocycles. The molecule has 0 unspecified atom stereocenters. The van der Waals surface area contributed by atoms with Crippen LogP contribution >= 0.6 is 27.5 Å². The molecule has 0 aliphatic rings. The molecule has 2 aromatic carbocycles. The topological polar surface area (TPSA) is 86.3 Å². The maximum absolute atomic E-state index is 12.4. The normalized spacial score (nSPS) is 11.2. The summed E-state index contributed by atoms with van der Waals surface area (Å²) >= 11 is 9.14. The van der Waals surface area contributed by atoms with Crippen LogP contribution in [0.25, 0.3) is 0 Å². The van der Waals surface area contributed by atoms with Gasteiger partial charge in [0.15, 0.2) is 0 Å². The number of aryl methyl sites for hydroxylation is 1. The van der Waals surface area contributed by atoms with E-state index in [0.717, 1.165) is 0 Å². The average Bonchev–Trinajstić information content (AvgIpc) is 2.40. The van der Waals surface area contributed by atoms with Gasteiger partial charge in [-0.2, -0.15) is 0 Å². The lowest BCUT2D eigenvalue weighted by Crippen LogP contribution is -2.22. The summed E-state index contributed by atoms with van der Waals surface area (Å²) in [7, 11) is -3.94. The molecule has 116 valence electrons. The van der Waals surface area contributed by atoms with Gasteiger partial charge in [0.1, 0.15) is 4.90 Å². The molecule has 0 heterocycles. The molecule has 1 N–H and O–H groups in total. The molecule has 2 aromatic rings. The predicted molar refractivity (Wildman–Crippen MR) is 85.5 cm³/mol. The molecule has 0 saturated heterocycles. The van der Waals surface area contributed by atoms with Crippen molar-refractivity contribution >= 4 is 49.2 Å². The highest BCUT2D eigenvalue weighted by Gasteiger charge is 2.19. The molecule has 0 atom stereocenters. The van der Waals surface area contributed by atoms with Crippen LogP contribution in [0.4, 0.5) is 5.69 Å². The van der Waals surface area contributed by atoms with E-state index in [-0.39, 0.29) is 21.2 Å². The Bertz CT molecular complexity index is 852. The Kier molecular flexibility index (Phi) is 4.79. The third kappa shape index (κ3) is 3.60. The summed E-state index contributed by atoms with van der Waals surface area (Å²) in [6.07, 6.45) is 0. The minimum absolute atomic E-state index is 0.0515. The molecule has 0 spiro atoms. The van der Waals surface area contributed by atoms with Crippen LogP contribution in [0.5, 0.6) is 0 Å². The fourth-order valence-corrected chi connectivity index (χ4v) is 3.91. The number of carboxylic acid groups (broad SMARTS) is 1. The zero-order valence-corrected chi connectivity index (χ0v) is 14.4. The molecule has 22 heavy (non-hydrogen) atoms. The van der Waals surface area contributed by atoms with Crippen LogP contribution in [0.1, 0.15) is 15.9 Å². The third-order valence-corrected chi connectivity index (χ3v) is 5.24. The molecule has 2 rings (SSSR count). The monoisotopic (exact) mass is 402 g/mol. The highest BCUT2D eigenvalue weighted by Crippen LogP contribution is 2.28. The number of nitrogens with one attached hydrogen (secondary N) is 1. The van der Waals surface area contributed by atoms with Gasteiger partial charge in [-0.15, -0.1) is 0 Å². The van der Waals surface area contributed by atoms with Gasteiger partial charge in [0.25, 0.3) is 10.0 Å². The van der Waals surface area contributed by atoms with Crippen LogP contribution in [0.3, 0.4) is 0 Å². The summed E-state index contributed by atoms with van der Waals surface area (Å²) in [6.45, 7) is 1.65. The number of hydrogen-bond acceptors (Lipinski definition) is 4. The van der Waals surface area contributed by atoms with Crippen LogP contribution in [0, 0.1) is 6.92 Å². The number of carbonyl (C=O) groups is 1. The smallest absolute Gasteiger partial charge is 0.263 e. The van der Waals surface area contributed by atoms with Gasteiger partial charge < -0.3 is 9.90 Å². The molecule has 0 aromatic heterocycles. The fourth-order valence-electron chi connectivity index (χ4n) is 1.75. The number of hydrogen-bond donors (Lipinski definition) is 1. The van der Waals surface area contributed by atoms with Crippen LogP contribution in [0.2, 0.25) is 5.02 Å². The van der Waals surface area contributed by atoms with Crippen molar-refractivity contribution in [3.05, 3.63) is 57.0 Å². The van der Waals surface area contributed by atoms with E-state index < -0.39 is 16.0 Å². The molecule has 0 aliphatic carbocycles. The van der Waals surface area contributed by atoms with Gasteiger partial charge in [-0.05, 0) is 42.3 Å². The zero-order valence-electron chi connectivity index (χ0n) is 11.3. The predicted octanol–water partition coefficient (Wildman–Crippen LogP) is 2.58. The summed E-state index contributed by atoms with van der Waals surface area (Å²) in [5.41, 5.74) is 0.604. The molecule has 0 saturated carbocycles. The van der Waals surface area contributed by atoms with Crippen molar-refractivity contribution < 1.29 is 18.3 Å². The van der Waals surface area contributed by atoms with Gasteiger partial charge >= 0.3 is 0 Å². The van der Waals surface area contributed by atoms with E-state index in [9.17, 15) is 18.3 Å². The summed E-state index contributed by atoms with van der Waals surface area (Å²) in [6, 6.07) is 8.40. The summed E-state index contributed by atoms with van der Waals surface area (Å²) < 4.78 is 27.8. The number of carbonyl (C=O) groups excluding carboxylic acids is 1. The summed E-state index contributed by atoms with van der Waals surface area (Å²) in [5, 5.41) is 10.9. The molecule has 5 nitrogen and oxygen atoms in total. The zero-order chi connectivity index (χ0) is 16.5. The van der Waals surface area contributed by atoms with Gasteiger partial charge in [0.2, 0.25) is 0 Å². The van der Waals surface area contributed by atoms with Gasteiger partial charge in [-0.1, -0.05) is 39.7 Å². The highest BCUT2D eigenvalue weighted by molar-refractivity contribution is 9.10. The molecular formula is C14H10BrClNO4S-. The second-order valence-corrected chi connectivity index (χ2v) is 7.47. The molecule has 0 fully saturated rings.